The Bertz CT molecular complexity index is 1340. The van der Waals surface area contributed by atoms with Crippen molar-refractivity contribution in [2.75, 3.05) is 11.9 Å². The van der Waals surface area contributed by atoms with Gasteiger partial charge in [-0.05, 0) is 24.6 Å². The zero-order valence-electron chi connectivity index (χ0n) is 17.6. The summed E-state index contributed by atoms with van der Waals surface area (Å²) in [4.78, 5) is 47.3. The SMILES string of the molecule is CCCn1nc(C(=O)OCC(=O)Nc2ccc(C(F)(F)F)cc2[N+](=O)[O-])c2ccccc2c1=O. The molecular formula is C21H17F3N4O6. The number of alkyl halides is 3. The third-order valence-electron chi connectivity index (χ3n) is 4.63. The average Bonchev–Trinajstić information content (AvgIpc) is 2.79. The molecule has 178 valence electrons. The smallest absolute Gasteiger partial charge is 0.416 e. The van der Waals surface area contributed by atoms with Gasteiger partial charge in [-0.15, -0.1) is 0 Å². The van der Waals surface area contributed by atoms with Crippen LogP contribution in [0, 0.1) is 10.1 Å². The van der Waals surface area contributed by atoms with Gasteiger partial charge in [0.2, 0.25) is 0 Å². The third kappa shape index (κ3) is 5.19. The second kappa shape index (κ2) is 9.68. The standard InChI is InChI=1S/C21H17F3N4O6/c1-2-9-27-19(30)14-6-4-3-5-13(14)18(26-27)20(31)34-11-17(29)25-15-8-7-12(21(22,23)24)10-16(15)28(32)33/h3-8,10H,2,9,11H2,1H3,(H,25,29). The van der Waals surface area contributed by atoms with E-state index in [1.54, 1.807) is 12.1 Å². The van der Waals surface area contributed by atoms with Crippen molar-refractivity contribution in [2.45, 2.75) is 26.1 Å². The number of benzene rings is 2. The Kier molecular flexibility index (Phi) is 6.94. The number of carbonyl (C=O) groups is 2. The Balaban J connectivity index is 1.79. The lowest BCUT2D eigenvalue weighted by Gasteiger charge is -2.11. The number of anilines is 1. The molecule has 0 saturated carbocycles. The van der Waals surface area contributed by atoms with Gasteiger partial charge in [0.05, 0.1) is 15.9 Å². The molecule has 0 spiro atoms. The summed E-state index contributed by atoms with van der Waals surface area (Å²) in [6.07, 6.45) is -4.25. The predicted octanol–water partition coefficient (Wildman–Crippen LogP) is 3.53. The van der Waals surface area contributed by atoms with Crippen LogP contribution in [0.3, 0.4) is 0 Å². The molecule has 1 aromatic heterocycles. The molecule has 0 bridgehead atoms. The summed E-state index contributed by atoms with van der Waals surface area (Å²) in [6.45, 7) is 1.15. The number of ether oxygens (including phenoxy) is 1. The number of esters is 1. The van der Waals surface area contributed by atoms with E-state index in [1.165, 1.54) is 12.1 Å². The number of amides is 1. The van der Waals surface area contributed by atoms with E-state index in [2.05, 4.69) is 10.4 Å². The molecule has 0 saturated heterocycles. The summed E-state index contributed by atoms with van der Waals surface area (Å²) < 4.78 is 44.5. The van der Waals surface area contributed by atoms with E-state index < -0.39 is 52.1 Å². The average molecular weight is 478 g/mol. The number of carbonyl (C=O) groups excluding carboxylic acids is 2. The molecule has 1 amide bonds. The molecule has 0 atom stereocenters. The molecule has 0 radical (unpaired) electrons. The first-order chi connectivity index (χ1) is 16.0. The van der Waals surface area contributed by atoms with Gasteiger partial charge in [0.1, 0.15) is 5.69 Å². The third-order valence-corrected chi connectivity index (χ3v) is 4.63. The fourth-order valence-electron chi connectivity index (χ4n) is 3.10. The minimum absolute atomic E-state index is 0.211. The van der Waals surface area contributed by atoms with Gasteiger partial charge >= 0.3 is 12.1 Å². The van der Waals surface area contributed by atoms with E-state index in [-0.39, 0.29) is 29.1 Å². The van der Waals surface area contributed by atoms with Gasteiger partial charge in [-0.2, -0.15) is 18.3 Å². The number of nitrogens with one attached hydrogen (secondary N) is 1. The summed E-state index contributed by atoms with van der Waals surface area (Å²) in [5.74, 6) is -2.06. The Hall–Kier alpha value is -4.29. The summed E-state index contributed by atoms with van der Waals surface area (Å²) in [6, 6.07) is 7.79. The molecule has 0 unspecified atom stereocenters. The summed E-state index contributed by atoms with van der Waals surface area (Å²) >= 11 is 0. The molecule has 2 aromatic carbocycles. The van der Waals surface area contributed by atoms with Crippen molar-refractivity contribution in [3.8, 4) is 0 Å². The van der Waals surface area contributed by atoms with Crippen LogP contribution in [0.2, 0.25) is 0 Å². The van der Waals surface area contributed by atoms with Gasteiger partial charge in [0.25, 0.3) is 17.2 Å². The monoisotopic (exact) mass is 478 g/mol. The van der Waals surface area contributed by atoms with Crippen LogP contribution >= 0.6 is 0 Å². The van der Waals surface area contributed by atoms with Crippen LogP contribution in [0.15, 0.2) is 47.3 Å². The van der Waals surface area contributed by atoms with Crippen molar-refractivity contribution < 1.29 is 32.4 Å². The number of rotatable bonds is 7. The number of aromatic nitrogens is 2. The lowest BCUT2D eigenvalue weighted by Crippen LogP contribution is -2.27. The Morgan fingerprint density at radius 3 is 2.47 bits per heavy atom. The molecule has 13 heteroatoms. The number of nitro groups is 1. The van der Waals surface area contributed by atoms with Crippen LogP contribution in [0.5, 0.6) is 0 Å². The first kappa shape index (κ1) is 24.4. The molecule has 34 heavy (non-hydrogen) atoms. The van der Waals surface area contributed by atoms with Crippen molar-refractivity contribution >= 4 is 34.0 Å². The van der Waals surface area contributed by atoms with Crippen LogP contribution in [-0.2, 0) is 22.3 Å². The van der Waals surface area contributed by atoms with Crippen LogP contribution in [0.1, 0.15) is 29.4 Å². The van der Waals surface area contributed by atoms with Crippen molar-refractivity contribution in [3.05, 3.63) is 74.2 Å². The van der Waals surface area contributed by atoms with Gasteiger partial charge in [-0.1, -0.05) is 25.1 Å². The highest BCUT2D eigenvalue weighted by Gasteiger charge is 2.33. The van der Waals surface area contributed by atoms with E-state index in [1.807, 2.05) is 6.92 Å². The molecular weight excluding hydrogens is 461 g/mol. The normalized spacial score (nSPS) is 11.3. The maximum absolute atomic E-state index is 12.8. The highest BCUT2D eigenvalue weighted by Crippen LogP contribution is 2.34. The van der Waals surface area contributed by atoms with E-state index in [0.29, 0.717) is 12.5 Å². The number of hydrogen-bond acceptors (Lipinski definition) is 7. The number of fused-ring (bicyclic) bond motifs is 1. The van der Waals surface area contributed by atoms with E-state index >= 15 is 0 Å². The lowest BCUT2D eigenvalue weighted by molar-refractivity contribution is -0.384. The number of aryl methyl sites for hydroxylation is 1. The zero-order valence-corrected chi connectivity index (χ0v) is 17.6. The van der Waals surface area contributed by atoms with Crippen LogP contribution < -0.4 is 10.9 Å². The molecule has 0 aliphatic rings. The number of nitro benzene ring substituents is 1. The van der Waals surface area contributed by atoms with Crippen molar-refractivity contribution in [2.24, 2.45) is 0 Å². The quantitative estimate of drug-likeness (QED) is 0.312. The molecule has 0 aliphatic carbocycles. The van der Waals surface area contributed by atoms with Gasteiger partial charge in [-0.3, -0.25) is 19.7 Å². The van der Waals surface area contributed by atoms with E-state index in [9.17, 15) is 37.7 Å². The second-order valence-electron chi connectivity index (χ2n) is 7.03. The predicted molar refractivity (Wildman–Crippen MR) is 113 cm³/mol. The first-order valence-electron chi connectivity index (χ1n) is 9.85. The maximum Gasteiger partial charge on any atom is 0.416 e. The number of nitrogens with zero attached hydrogens (tertiary/aromatic N) is 3. The second-order valence-corrected chi connectivity index (χ2v) is 7.03. The molecule has 10 nitrogen and oxygen atoms in total. The van der Waals surface area contributed by atoms with Crippen LogP contribution in [-0.4, -0.2) is 33.2 Å². The number of halogens is 3. The minimum atomic E-state index is -4.81. The summed E-state index contributed by atoms with van der Waals surface area (Å²) in [5, 5.41) is 17.7. The highest BCUT2D eigenvalue weighted by molar-refractivity contribution is 6.03. The Morgan fingerprint density at radius 2 is 1.85 bits per heavy atom. The topological polar surface area (TPSA) is 133 Å². The largest absolute Gasteiger partial charge is 0.451 e. The number of hydrogen-bond donors (Lipinski definition) is 1. The fourth-order valence-corrected chi connectivity index (χ4v) is 3.10. The lowest BCUT2D eigenvalue weighted by atomic mass is 10.1. The minimum Gasteiger partial charge on any atom is -0.451 e. The van der Waals surface area contributed by atoms with Crippen molar-refractivity contribution in [1.82, 2.24) is 9.78 Å². The Labute approximate surface area is 189 Å². The maximum atomic E-state index is 12.8. The van der Waals surface area contributed by atoms with Gasteiger partial charge in [-0.25, -0.2) is 9.48 Å². The fraction of sp³-hybridized carbons (Fsp3) is 0.238. The van der Waals surface area contributed by atoms with Crippen LogP contribution in [0.25, 0.3) is 10.8 Å². The van der Waals surface area contributed by atoms with Gasteiger partial charge < -0.3 is 10.1 Å². The molecule has 3 aromatic rings. The molecule has 0 aliphatic heterocycles. The van der Waals surface area contributed by atoms with Gasteiger partial charge in [0, 0.05) is 18.0 Å². The zero-order chi connectivity index (χ0) is 25.0. The van der Waals surface area contributed by atoms with Crippen LogP contribution in [0.4, 0.5) is 24.5 Å². The molecule has 3 rings (SSSR count). The molecule has 1 N–H and O–H groups in total. The van der Waals surface area contributed by atoms with E-state index in [4.69, 9.17) is 4.74 Å². The highest BCUT2D eigenvalue weighted by atomic mass is 19.4. The van der Waals surface area contributed by atoms with Gasteiger partial charge in [0.15, 0.2) is 12.3 Å². The first-order valence-corrected chi connectivity index (χ1v) is 9.85. The summed E-state index contributed by atoms with van der Waals surface area (Å²) in [5.41, 5.74) is -3.35. The molecule has 1 heterocycles. The summed E-state index contributed by atoms with van der Waals surface area (Å²) in [7, 11) is 0. The molecule has 0 fully saturated rings. The van der Waals surface area contributed by atoms with E-state index in [0.717, 1.165) is 10.7 Å². The van der Waals surface area contributed by atoms with Crippen molar-refractivity contribution in [3.63, 3.8) is 0 Å². The van der Waals surface area contributed by atoms with Crippen molar-refractivity contribution in [1.29, 1.82) is 0 Å². The Morgan fingerprint density at radius 1 is 1.18 bits per heavy atom.